The molecule has 0 saturated heterocycles. The summed E-state index contributed by atoms with van der Waals surface area (Å²) < 4.78 is 0. The van der Waals surface area contributed by atoms with Gasteiger partial charge in [0.05, 0.1) is 0 Å². The van der Waals surface area contributed by atoms with Crippen LogP contribution in [0.3, 0.4) is 0 Å². The van der Waals surface area contributed by atoms with Gasteiger partial charge in [-0.05, 0) is 46.8 Å². The number of hydrogen-bond acceptors (Lipinski definition) is 1. The highest BCUT2D eigenvalue weighted by atomic mass is 32.1. The van der Waals surface area contributed by atoms with Crippen LogP contribution in [-0.4, -0.2) is 4.86 Å². The fraction of sp³-hybridized carbons (Fsp3) is 0.952. The third kappa shape index (κ3) is 7.11. The van der Waals surface area contributed by atoms with E-state index in [4.69, 9.17) is 12.2 Å². The minimum atomic E-state index is 0.247. The van der Waals surface area contributed by atoms with Gasteiger partial charge < -0.3 is 0 Å². The van der Waals surface area contributed by atoms with Gasteiger partial charge in [0.25, 0.3) is 0 Å². The van der Waals surface area contributed by atoms with E-state index in [9.17, 15) is 0 Å². The molecule has 132 valence electrons. The summed E-state index contributed by atoms with van der Waals surface area (Å²) in [6.07, 6.45) is 9.34. The van der Waals surface area contributed by atoms with Crippen LogP contribution in [0.1, 0.15) is 107 Å². The molecule has 22 heavy (non-hydrogen) atoms. The molecule has 0 amide bonds. The first kappa shape index (κ1) is 22.1. The lowest BCUT2D eigenvalue weighted by Gasteiger charge is -2.49. The smallest absolute Gasteiger partial charge is 0.00396 e. The van der Waals surface area contributed by atoms with Gasteiger partial charge in [-0.25, -0.2) is 0 Å². The quantitative estimate of drug-likeness (QED) is 0.291. The van der Waals surface area contributed by atoms with Crippen molar-refractivity contribution < 1.29 is 0 Å². The minimum absolute atomic E-state index is 0.247. The van der Waals surface area contributed by atoms with Crippen molar-refractivity contribution in [1.29, 1.82) is 0 Å². The Kier molecular flexibility index (Phi) is 8.84. The van der Waals surface area contributed by atoms with E-state index in [2.05, 4.69) is 62.3 Å². The third-order valence-electron chi connectivity index (χ3n) is 5.83. The van der Waals surface area contributed by atoms with Crippen molar-refractivity contribution in [3.05, 3.63) is 0 Å². The molecule has 0 aromatic heterocycles. The average Bonchev–Trinajstić information content (AvgIpc) is 2.34. The number of hydrogen-bond donors (Lipinski definition) is 0. The fourth-order valence-corrected chi connectivity index (χ4v) is 3.86. The van der Waals surface area contributed by atoms with E-state index in [1.54, 1.807) is 0 Å². The summed E-state index contributed by atoms with van der Waals surface area (Å²) in [5.41, 5.74) is 0.908. The van der Waals surface area contributed by atoms with Gasteiger partial charge in [0.15, 0.2) is 0 Å². The summed E-state index contributed by atoms with van der Waals surface area (Å²) >= 11 is 5.67. The van der Waals surface area contributed by atoms with Crippen molar-refractivity contribution >= 4 is 17.1 Å². The summed E-state index contributed by atoms with van der Waals surface area (Å²) in [5.74, 6) is 0.521. The van der Waals surface area contributed by atoms with Gasteiger partial charge in [-0.2, -0.15) is 0 Å². The fourth-order valence-electron chi connectivity index (χ4n) is 3.48. The van der Waals surface area contributed by atoms with Gasteiger partial charge >= 0.3 is 0 Å². The van der Waals surface area contributed by atoms with Crippen molar-refractivity contribution in [1.82, 2.24) is 0 Å². The summed E-state index contributed by atoms with van der Waals surface area (Å²) in [7, 11) is 0. The topological polar surface area (TPSA) is 0 Å². The molecular formula is C21H42S. The lowest BCUT2D eigenvalue weighted by molar-refractivity contribution is 0.0414. The maximum absolute atomic E-state index is 5.67. The second-order valence-electron chi connectivity index (χ2n) is 9.70. The Balaban J connectivity index is 4.91. The maximum Gasteiger partial charge on any atom is -0.00396 e. The van der Waals surface area contributed by atoms with Crippen LogP contribution >= 0.6 is 12.2 Å². The SMILES string of the molecule is CCCCCCCC(C)(C)C(C)(C)C(CC(C)(C)C)C(C)=S. The molecule has 1 unspecified atom stereocenters. The first-order chi connectivity index (χ1) is 9.85. The summed E-state index contributed by atoms with van der Waals surface area (Å²) in [6.45, 7) is 21.3. The zero-order valence-corrected chi connectivity index (χ0v) is 17.8. The molecule has 0 saturated carbocycles. The van der Waals surface area contributed by atoms with E-state index in [1.807, 2.05) is 0 Å². The molecule has 1 atom stereocenters. The predicted octanol–water partition coefficient (Wildman–Crippen LogP) is 7.84. The van der Waals surface area contributed by atoms with E-state index in [0.717, 1.165) is 0 Å². The first-order valence-corrected chi connectivity index (χ1v) is 9.76. The van der Waals surface area contributed by atoms with E-state index in [-0.39, 0.29) is 5.41 Å². The van der Waals surface area contributed by atoms with Crippen LogP contribution in [0.5, 0.6) is 0 Å². The molecule has 0 aliphatic carbocycles. The van der Waals surface area contributed by atoms with Gasteiger partial charge in [-0.3, -0.25) is 0 Å². The zero-order chi connectivity index (χ0) is 17.6. The summed E-state index contributed by atoms with van der Waals surface area (Å²) in [5, 5.41) is 0. The molecule has 0 aliphatic rings. The molecule has 0 bridgehead atoms. The van der Waals surface area contributed by atoms with Gasteiger partial charge in [0.2, 0.25) is 0 Å². The Morgan fingerprint density at radius 1 is 0.864 bits per heavy atom. The Labute approximate surface area is 146 Å². The first-order valence-electron chi connectivity index (χ1n) is 9.35. The summed E-state index contributed by atoms with van der Waals surface area (Å²) in [4.78, 5) is 1.19. The van der Waals surface area contributed by atoms with E-state index in [1.165, 1.54) is 49.8 Å². The van der Waals surface area contributed by atoms with Gasteiger partial charge in [0, 0.05) is 0 Å². The second-order valence-corrected chi connectivity index (χ2v) is 10.3. The van der Waals surface area contributed by atoms with Crippen LogP contribution in [0.4, 0.5) is 0 Å². The molecule has 0 aliphatic heterocycles. The molecule has 0 nitrogen and oxygen atoms in total. The molecule has 0 aromatic carbocycles. The third-order valence-corrected chi connectivity index (χ3v) is 6.11. The minimum Gasteiger partial charge on any atom is -0.0897 e. The Morgan fingerprint density at radius 3 is 1.77 bits per heavy atom. The molecule has 0 aromatic rings. The van der Waals surface area contributed by atoms with Crippen molar-refractivity contribution in [2.45, 2.75) is 107 Å². The van der Waals surface area contributed by atoms with Crippen molar-refractivity contribution in [3.8, 4) is 0 Å². The largest absolute Gasteiger partial charge is 0.0897 e. The summed E-state index contributed by atoms with van der Waals surface area (Å²) in [6, 6.07) is 0. The van der Waals surface area contributed by atoms with Crippen LogP contribution in [0.2, 0.25) is 0 Å². The predicted molar refractivity (Wildman–Crippen MR) is 107 cm³/mol. The van der Waals surface area contributed by atoms with Crippen LogP contribution in [0.15, 0.2) is 0 Å². The molecule has 0 radical (unpaired) electrons. The van der Waals surface area contributed by atoms with Crippen LogP contribution in [0, 0.1) is 22.2 Å². The van der Waals surface area contributed by atoms with Crippen LogP contribution in [-0.2, 0) is 0 Å². The van der Waals surface area contributed by atoms with Gasteiger partial charge in [0.1, 0.15) is 0 Å². The van der Waals surface area contributed by atoms with E-state index < -0.39 is 0 Å². The van der Waals surface area contributed by atoms with Crippen molar-refractivity contribution in [2.75, 3.05) is 0 Å². The number of thiocarbonyl (C=S) groups is 1. The molecule has 1 heteroatoms. The zero-order valence-electron chi connectivity index (χ0n) is 16.9. The second kappa shape index (κ2) is 8.81. The van der Waals surface area contributed by atoms with Crippen molar-refractivity contribution in [2.24, 2.45) is 22.2 Å². The molecule has 0 N–H and O–H groups in total. The molecule has 0 rings (SSSR count). The maximum atomic E-state index is 5.67. The van der Waals surface area contributed by atoms with Gasteiger partial charge in [-0.15, -0.1) is 0 Å². The lowest BCUT2D eigenvalue weighted by atomic mass is 9.56. The average molecular weight is 327 g/mol. The number of rotatable bonds is 10. The molecule has 0 spiro atoms. The monoisotopic (exact) mass is 326 g/mol. The molecule has 0 fully saturated rings. The molecular weight excluding hydrogens is 284 g/mol. The molecule has 0 heterocycles. The standard InChI is InChI=1S/C21H42S/c1-10-11-12-13-14-15-20(6,7)21(8,9)18(17(2)22)16-19(3,4)5/h18H,10-16H2,1-9H3. The van der Waals surface area contributed by atoms with Crippen molar-refractivity contribution in [3.63, 3.8) is 0 Å². The van der Waals surface area contributed by atoms with Crippen LogP contribution < -0.4 is 0 Å². The van der Waals surface area contributed by atoms with Gasteiger partial charge in [-0.1, -0.05) is 99.7 Å². The highest BCUT2D eigenvalue weighted by Crippen LogP contribution is 2.51. The van der Waals surface area contributed by atoms with Crippen LogP contribution in [0.25, 0.3) is 0 Å². The highest BCUT2D eigenvalue weighted by Gasteiger charge is 2.44. The normalized spacial score (nSPS) is 15.0. The van der Waals surface area contributed by atoms with E-state index in [0.29, 0.717) is 16.7 Å². The number of unbranched alkanes of at least 4 members (excludes halogenated alkanes) is 4. The Morgan fingerprint density at radius 2 is 1.36 bits per heavy atom. The van der Waals surface area contributed by atoms with E-state index >= 15 is 0 Å². The Bertz CT molecular complexity index is 330. The lowest BCUT2D eigenvalue weighted by Crippen LogP contribution is -2.43. The highest BCUT2D eigenvalue weighted by molar-refractivity contribution is 7.80. The Hall–Kier alpha value is 0.0900.